The van der Waals surface area contributed by atoms with E-state index < -0.39 is 23.3 Å². The molecule has 0 aliphatic rings. The maximum Gasteiger partial charge on any atom is 4.00 e. The summed E-state index contributed by atoms with van der Waals surface area (Å²) in [5.74, 6) is 0. The minimum absolute atomic E-state index is 0. The molecular weight excluding hydrogens is 1040 g/mol. The van der Waals surface area contributed by atoms with E-state index in [2.05, 4.69) is 52.0 Å². The average Bonchev–Trinajstić information content (AvgIpc) is 3.42. The third-order valence-corrected chi connectivity index (χ3v) is 13.8. The zero-order chi connectivity index (χ0) is 57.7. The Kier molecular flexibility index (Phi) is 113. The fourth-order valence-electron chi connectivity index (χ4n) is 7.73. The van der Waals surface area contributed by atoms with E-state index in [1.165, 1.54) is 275 Å². The van der Waals surface area contributed by atoms with Gasteiger partial charge >= 0.3 is 30.3 Å². The molecule has 0 aromatic carbocycles. The maximum atomic E-state index is 11.7. The first-order chi connectivity index (χ1) is 37.1. The number of hydrogen-bond donors (Lipinski definition) is 1. The van der Waals surface area contributed by atoms with E-state index in [4.69, 9.17) is 13.6 Å². The van der Waals surface area contributed by atoms with Crippen LogP contribution in [0.4, 0.5) is 0 Å². The normalized spacial score (nSPS) is 10.8. The van der Waals surface area contributed by atoms with Crippen LogP contribution in [0.15, 0.2) is 38.0 Å². The molecule has 13 heteroatoms. The van der Waals surface area contributed by atoms with Gasteiger partial charge in [-0.15, -0.1) is 63.9 Å². The molecule has 1 atom stereocenters. The summed E-state index contributed by atoms with van der Waals surface area (Å²) < 4.78 is 20.4. The molecule has 462 valence electrons. The van der Waals surface area contributed by atoms with Gasteiger partial charge in [0.2, 0.25) is 0 Å². The van der Waals surface area contributed by atoms with Crippen molar-refractivity contribution < 1.29 is 70.0 Å². The molecule has 0 saturated carbocycles. The van der Waals surface area contributed by atoms with E-state index in [1.54, 1.807) is 13.8 Å². The number of unbranched alkanes of at least 4 members (excludes halogenated alkanes) is 40. The van der Waals surface area contributed by atoms with Gasteiger partial charge in [0.05, 0.1) is 28.4 Å². The van der Waals surface area contributed by atoms with E-state index in [9.17, 15) is 30.2 Å². The van der Waals surface area contributed by atoms with Crippen molar-refractivity contribution in [2.45, 2.75) is 330 Å². The standard InChI is InChI=1S/C26H55O3P.C26H54O3P.C3H7O.3C3H5O.Ti/c2*1-3-5-7-9-11-13-15-17-19-21-23-25-28-30(27)29-26-24-22-20-18-16-14-12-10-8-6-4-2;1-3(2)4;3*1-2-3-4;/h27H,3-26H2,1-2H3;3-26H2,1-2H3;3H,1-2H3;3*2H,1,3H2;/q;5*-1;+4/p+1. The second-order valence-corrected chi connectivity index (χ2v) is 22.4. The van der Waals surface area contributed by atoms with Crippen LogP contribution in [0.25, 0.3) is 0 Å². The molecule has 77 heavy (non-hydrogen) atoms. The molecule has 0 spiro atoms. The van der Waals surface area contributed by atoms with Crippen LogP contribution in [-0.4, -0.2) is 61.8 Å². The first-order valence-electron chi connectivity index (χ1n) is 31.8. The van der Waals surface area contributed by atoms with Crippen LogP contribution in [-0.2, 0) is 35.3 Å². The number of hydrogen-bond acceptors (Lipinski definition) is 9. The predicted octanol–water partition coefficient (Wildman–Crippen LogP) is 17.0. The molecule has 0 amide bonds. The van der Waals surface area contributed by atoms with Crippen molar-refractivity contribution >= 4 is 17.2 Å². The Morgan fingerprint density at radius 3 is 0.740 bits per heavy atom. The first-order valence-corrected chi connectivity index (χ1v) is 34.1. The Hall–Kier alpha value is 0.394. The van der Waals surface area contributed by atoms with Crippen molar-refractivity contribution in [1.82, 2.24) is 0 Å². The van der Waals surface area contributed by atoms with Crippen LogP contribution in [0.1, 0.15) is 324 Å². The van der Waals surface area contributed by atoms with E-state index in [0.717, 1.165) is 32.3 Å². The van der Waals surface area contributed by atoms with Crippen molar-refractivity contribution in [2.24, 2.45) is 0 Å². The fourth-order valence-corrected chi connectivity index (χ4v) is 9.05. The van der Waals surface area contributed by atoms with Gasteiger partial charge < -0.3 is 38.9 Å². The smallest absolute Gasteiger partial charge is 0.852 e. The second-order valence-electron chi connectivity index (χ2n) is 20.4. The summed E-state index contributed by atoms with van der Waals surface area (Å²) in [4.78, 5) is 21.6. The monoisotopic (exact) mass is 1170 g/mol. The van der Waals surface area contributed by atoms with Crippen molar-refractivity contribution in [2.75, 3.05) is 46.2 Å². The van der Waals surface area contributed by atoms with Gasteiger partial charge in [0.1, 0.15) is 6.61 Å². The third-order valence-electron chi connectivity index (χ3n) is 12.2. The molecular formula is C64H132O10P2Ti. The quantitative estimate of drug-likeness (QED) is 0.0204. The van der Waals surface area contributed by atoms with E-state index in [0.29, 0.717) is 19.8 Å². The van der Waals surface area contributed by atoms with Gasteiger partial charge in [-0.05, 0) is 25.7 Å². The Bertz CT molecular complexity index is 823. The Labute approximate surface area is 498 Å². The minimum atomic E-state index is -1.91. The summed E-state index contributed by atoms with van der Waals surface area (Å²) in [6, 6.07) is 0. The average molecular weight is 1170 g/mol. The molecule has 0 aliphatic heterocycles. The predicted molar refractivity (Wildman–Crippen MR) is 327 cm³/mol. The summed E-state index contributed by atoms with van der Waals surface area (Å²) in [6.07, 6.45) is 62.0. The Morgan fingerprint density at radius 2 is 0.545 bits per heavy atom. The molecule has 0 rings (SSSR count). The van der Waals surface area contributed by atoms with Crippen molar-refractivity contribution in [3.8, 4) is 0 Å². The molecule has 1 unspecified atom stereocenters. The van der Waals surface area contributed by atoms with E-state index in [-0.39, 0.29) is 41.5 Å². The van der Waals surface area contributed by atoms with Gasteiger partial charge in [-0.3, -0.25) is 9.42 Å². The fraction of sp³-hybridized carbons (Fsp3) is 0.906. The zero-order valence-electron chi connectivity index (χ0n) is 52.0. The summed E-state index contributed by atoms with van der Waals surface area (Å²) in [5.41, 5.74) is 0. The summed E-state index contributed by atoms with van der Waals surface area (Å²) in [7, 11) is -3.44. The number of rotatable bonds is 55. The second kappa shape index (κ2) is 95.6. The van der Waals surface area contributed by atoms with Gasteiger partial charge in [-0.1, -0.05) is 292 Å². The Balaban J connectivity index is -0.000000196. The molecule has 0 fully saturated rings. The molecule has 0 bridgehead atoms. The maximum absolute atomic E-state index is 11.7. The van der Waals surface area contributed by atoms with Gasteiger partial charge in [-0.25, -0.2) is 0 Å². The molecule has 0 aromatic heterocycles. The summed E-state index contributed by atoms with van der Waals surface area (Å²) >= 11 is 0. The summed E-state index contributed by atoms with van der Waals surface area (Å²) in [5, 5.41) is 37.1. The molecule has 0 heterocycles. The first kappa shape index (κ1) is 91.1. The Morgan fingerprint density at radius 1 is 0.377 bits per heavy atom. The van der Waals surface area contributed by atoms with Crippen molar-refractivity contribution in [3.05, 3.63) is 38.0 Å². The molecule has 0 aliphatic carbocycles. The van der Waals surface area contributed by atoms with Gasteiger partial charge in [-0.2, -0.15) is 0 Å². The SMILES string of the molecule is C=CC[O-].C=CC[O-].C=CC[O-].CC(C)[O-].CCCCCCCCCCCCCOP(O)[OH+]CCCCCCCCCCCCC.CCCCCCCCCCCCCOP([O-])OCCCCCCCCCCCCC.[Ti+4]. The molecule has 10 nitrogen and oxygen atoms in total. The molecule has 0 saturated heterocycles. The van der Waals surface area contributed by atoms with Gasteiger partial charge in [0.25, 0.3) is 0 Å². The third kappa shape index (κ3) is 120. The van der Waals surface area contributed by atoms with Crippen molar-refractivity contribution in [1.29, 1.82) is 0 Å². The van der Waals surface area contributed by atoms with Crippen LogP contribution < -0.4 is 25.3 Å². The van der Waals surface area contributed by atoms with Crippen LogP contribution >= 0.6 is 17.2 Å². The van der Waals surface area contributed by atoms with Crippen LogP contribution in [0.3, 0.4) is 0 Å². The van der Waals surface area contributed by atoms with Gasteiger partial charge in [0, 0.05) is 6.42 Å². The van der Waals surface area contributed by atoms with Crippen LogP contribution in [0, 0.1) is 0 Å². The largest absolute Gasteiger partial charge is 4.00 e. The van der Waals surface area contributed by atoms with E-state index >= 15 is 0 Å². The molecule has 2 N–H and O–H groups in total. The van der Waals surface area contributed by atoms with Gasteiger partial charge in [0.15, 0.2) is 0 Å². The zero-order valence-corrected chi connectivity index (χ0v) is 55.4. The van der Waals surface area contributed by atoms with Crippen LogP contribution in [0.2, 0.25) is 0 Å². The topological polar surface area (TPSA) is 176 Å². The molecule has 0 radical (unpaired) electrons. The van der Waals surface area contributed by atoms with Crippen LogP contribution in [0.5, 0.6) is 0 Å². The van der Waals surface area contributed by atoms with Crippen molar-refractivity contribution in [3.63, 3.8) is 0 Å². The summed E-state index contributed by atoms with van der Waals surface area (Å²) in [6.45, 7) is 23.9. The van der Waals surface area contributed by atoms with E-state index in [1.807, 2.05) is 0 Å². The number of aliphatic hydroxyl groups is 1. The molecule has 0 aromatic rings. The minimum Gasteiger partial charge on any atom is -0.852 e.